The summed E-state index contributed by atoms with van der Waals surface area (Å²) in [6.45, 7) is 4.39. The number of carbonyl (C=O) groups excluding carboxylic acids is 1. The van der Waals surface area contributed by atoms with Crippen LogP contribution < -0.4 is 10.6 Å². The first kappa shape index (κ1) is 29.4. The number of nitrogens with one attached hydrogen (secondary N) is 4. The van der Waals surface area contributed by atoms with Crippen LogP contribution in [-0.4, -0.2) is 107 Å². The lowest BCUT2D eigenvalue weighted by molar-refractivity contribution is -0.170. The number of carboxylic acids is 3. The molecule has 3 aromatic rings. The Hall–Kier alpha value is -4.54. The molecule has 1 aliphatic heterocycles. The van der Waals surface area contributed by atoms with Gasteiger partial charge >= 0.3 is 23.9 Å². The van der Waals surface area contributed by atoms with Gasteiger partial charge in [0.25, 0.3) is 0 Å². The van der Waals surface area contributed by atoms with Gasteiger partial charge in [0.2, 0.25) is 0 Å². The number of benzene rings is 1. The van der Waals surface area contributed by atoms with Crippen molar-refractivity contribution in [1.82, 2.24) is 30.4 Å². The van der Waals surface area contributed by atoms with Gasteiger partial charge in [-0.25, -0.2) is 14.6 Å². The number of aromatic amines is 2. The van der Waals surface area contributed by atoms with Crippen molar-refractivity contribution in [3.05, 3.63) is 30.0 Å². The van der Waals surface area contributed by atoms with Crippen LogP contribution in [0.25, 0.3) is 22.6 Å². The summed E-state index contributed by atoms with van der Waals surface area (Å²) < 4.78 is 5.41. The summed E-state index contributed by atoms with van der Waals surface area (Å²) in [6.07, 6.45) is 1.40. The molecule has 0 spiro atoms. The lowest BCUT2D eigenvalue weighted by atomic mass is 9.96. The maximum absolute atomic E-state index is 12.0. The highest BCUT2D eigenvalue weighted by Crippen LogP contribution is 2.26. The molecule has 16 heteroatoms. The Labute approximate surface area is 232 Å². The fourth-order valence-electron chi connectivity index (χ4n) is 4.14. The number of fused-ring (bicyclic) bond motifs is 1. The number of aliphatic carboxylic acids is 3. The lowest BCUT2D eigenvalue weighted by Gasteiger charge is -2.26. The topological polar surface area (TPSA) is 243 Å². The minimum Gasteiger partial charge on any atom is -0.481 e. The van der Waals surface area contributed by atoms with E-state index in [1.807, 2.05) is 6.07 Å². The predicted octanol–water partition coefficient (Wildman–Crippen LogP) is 0.821. The minimum atomic E-state index is -2.74. The van der Waals surface area contributed by atoms with Crippen LogP contribution in [0.1, 0.15) is 31.2 Å². The number of aliphatic hydroxyl groups is 1. The van der Waals surface area contributed by atoms with Crippen molar-refractivity contribution in [3.63, 3.8) is 0 Å². The van der Waals surface area contributed by atoms with Crippen molar-refractivity contribution < 1.29 is 44.3 Å². The van der Waals surface area contributed by atoms with Crippen molar-refractivity contribution in [2.75, 3.05) is 31.6 Å². The zero-order valence-corrected chi connectivity index (χ0v) is 21.9. The van der Waals surface area contributed by atoms with Crippen LogP contribution in [0.5, 0.6) is 0 Å². The van der Waals surface area contributed by atoms with Gasteiger partial charge in [0.1, 0.15) is 5.69 Å². The van der Waals surface area contributed by atoms with E-state index < -0.39 is 36.4 Å². The number of hydrogen-bond donors (Lipinski definition) is 8. The number of amides is 2. The standard InChI is InChI=1S/C19H23N7O2.C6H8O7/c27-19(21-13-2-3-13)24-16-10-20-25-17(16)18-22-14-4-1-12(9-15(14)23-18)11-26-5-7-28-8-6-26;7-3(8)1-6(13,5(11)12)2-4(9)10/h1,4,9-10,13H,2-3,5-8,11H2,(H,20,25)(H,22,23)(H2,21,24,27);13H,1-2H2,(H,7,8)(H,9,10)(H,11,12). The van der Waals surface area contributed by atoms with Gasteiger partial charge in [-0.05, 0) is 30.5 Å². The van der Waals surface area contributed by atoms with Crippen LogP contribution >= 0.6 is 0 Å². The second-order valence-corrected chi connectivity index (χ2v) is 9.83. The van der Waals surface area contributed by atoms with Crippen LogP contribution in [0.2, 0.25) is 0 Å². The maximum Gasteiger partial charge on any atom is 0.336 e. The van der Waals surface area contributed by atoms with E-state index in [2.05, 4.69) is 47.8 Å². The molecule has 0 radical (unpaired) electrons. The van der Waals surface area contributed by atoms with Crippen molar-refractivity contribution in [2.45, 2.75) is 43.9 Å². The number of urea groups is 1. The molecule has 2 amide bonds. The minimum absolute atomic E-state index is 0.214. The molecule has 220 valence electrons. The molecule has 0 atom stereocenters. The number of nitrogens with zero attached hydrogens (tertiary/aromatic N) is 3. The molecule has 8 N–H and O–H groups in total. The Kier molecular flexibility index (Phi) is 9.16. The third kappa shape index (κ3) is 8.23. The summed E-state index contributed by atoms with van der Waals surface area (Å²) in [6, 6.07) is 6.34. The second kappa shape index (κ2) is 12.8. The summed E-state index contributed by atoms with van der Waals surface area (Å²) in [4.78, 5) is 52.9. The number of morpholine rings is 1. The number of ether oxygens (including phenoxy) is 1. The molecule has 1 aliphatic carbocycles. The van der Waals surface area contributed by atoms with Crippen LogP contribution in [-0.2, 0) is 25.7 Å². The fraction of sp³-hybridized carbons (Fsp3) is 0.440. The monoisotopic (exact) mass is 573 g/mol. The molecule has 0 unspecified atom stereocenters. The highest BCUT2D eigenvalue weighted by atomic mass is 16.5. The average Bonchev–Trinajstić information content (AvgIpc) is 3.41. The van der Waals surface area contributed by atoms with Gasteiger partial charge in [-0.1, -0.05) is 6.07 Å². The van der Waals surface area contributed by atoms with Crippen molar-refractivity contribution in [2.24, 2.45) is 0 Å². The van der Waals surface area contributed by atoms with E-state index in [1.165, 1.54) is 5.56 Å². The number of hydrogen-bond acceptors (Lipinski definition) is 9. The third-order valence-electron chi connectivity index (χ3n) is 6.38. The summed E-state index contributed by atoms with van der Waals surface area (Å²) in [7, 11) is 0. The van der Waals surface area contributed by atoms with Crippen molar-refractivity contribution in [1.29, 1.82) is 0 Å². The molecule has 2 aliphatic rings. The average molecular weight is 574 g/mol. The first-order valence-electron chi connectivity index (χ1n) is 12.8. The molecule has 2 fully saturated rings. The second-order valence-electron chi connectivity index (χ2n) is 9.83. The first-order chi connectivity index (χ1) is 19.5. The number of aromatic nitrogens is 4. The van der Waals surface area contributed by atoms with Gasteiger partial charge in [-0.15, -0.1) is 0 Å². The Morgan fingerprint density at radius 3 is 2.37 bits per heavy atom. The molecule has 5 rings (SSSR count). The van der Waals surface area contributed by atoms with Gasteiger partial charge in [-0.2, -0.15) is 5.10 Å². The molecule has 1 aromatic carbocycles. The van der Waals surface area contributed by atoms with Crippen LogP contribution in [0, 0.1) is 0 Å². The smallest absolute Gasteiger partial charge is 0.336 e. The van der Waals surface area contributed by atoms with Gasteiger partial charge in [0, 0.05) is 25.7 Å². The molecule has 1 saturated carbocycles. The number of anilines is 1. The van der Waals surface area contributed by atoms with E-state index in [-0.39, 0.29) is 6.03 Å². The molecule has 0 bridgehead atoms. The van der Waals surface area contributed by atoms with E-state index in [4.69, 9.17) is 25.2 Å². The van der Waals surface area contributed by atoms with E-state index in [1.54, 1.807) is 6.20 Å². The molecule has 2 aromatic heterocycles. The van der Waals surface area contributed by atoms with E-state index in [9.17, 15) is 19.2 Å². The Morgan fingerprint density at radius 1 is 1.07 bits per heavy atom. The number of rotatable bonds is 10. The van der Waals surface area contributed by atoms with E-state index in [0.29, 0.717) is 23.2 Å². The summed E-state index contributed by atoms with van der Waals surface area (Å²) in [5, 5.41) is 46.6. The largest absolute Gasteiger partial charge is 0.481 e. The normalized spacial score (nSPS) is 15.5. The van der Waals surface area contributed by atoms with Gasteiger partial charge in [-0.3, -0.25) is 19.6 Å². The molecule has 41 heavy (non-hydrogen) atoms. The number of carboxylic acid groups (broad SMARTS) is 3. The number of imidazole rings is 1. The van der Waals surface area contributed by atoms with Crippen molar-refractivity contribution >= 4 is 40.7 Å². The number of H-pyrrole nitrogens is 2. The van der Waals surface area contributed by atoms with Gasteiger partial charge in [0.15, 0.2) is 11.4 Å². The summed E-state index contributed by atoms with van der Waals surface area (Å²) >= 11 is 0. The zero-order valence-electron chi connectivity index (χ0n) is 21.9. The molecular formula is C25H31N7O9. The highest BCUT2D eigenvalue weighted by molar-refractivity contribution is 5.93. The third-order valence-corrected chi connectivity index (χ3v) is 6.38. The molecule has 16 nitrogen and oxygen atoms in total. The van der Waals surface area contributed by atoms with E-state index >= 15 is 0 Å². The van der Waals surface area contributed by atoms with Crippen LogP contribution in [0.3, 0.4) is 0 Å². The predicted molar refractivity (Wildman–Crippen MR) is 142 cm³/mol. The van der Waals surface area contributed by atoms with Gasteiger partial charge in [0.05, 0.1) is 49.0 Å². The fourth-order valence-corrected chi connectivity index (χ4v) is 4.14. The lowest BCUT2D eigenvalue weighted by Crippen LogP contribution is -2.42. The highest BCUT2D eigenvalue weighted by Gasteiger charge is 2.40. The van der Waals surface area contributed by atoms with Gasteiger partial charge < -0.3 is 40.8 Å². The molecular weight excluding hydrogens is 542 g/mol. The quantitative estimate of drug-likeness (QED) is 0.168. The van der Waals surface area contributed by atoms with Crippen LogP contribution in [0.15, 0.2) is 24.4 Å². The zero-order chi connectivity index (χ0) is 29.6. The van der Waals surface area contributed by atoms with Crippen molar-refractivity contribution in [3.8, 4) is 11.5 Å². The van der Waals surface area contributed by atoms with E-state index in [0.717, 1.165) is 56.7 Å². The summed E-state index contributed by atoms with van der Waals surface area (Å²) in [5.74, 6) is -4.37. The summed E-state index contributed by atoms with van der Waals surface area (Å²) in [5.41, 5.74) is 1.60. The molecule has 1 saturated heterocycles. The SMILES string of the molecule is O=C(Nc1cn[nH]c1-c1nc2ccc(CN3CCOCC3)cc2[nH]1)NC1CC1.O=C(O)CC(O)(CC(=O)O)C(=O)O. The Balaban J connectivity index is 0.000000254. The molecule has 3 heterocycles. The Morgan fingerprint density at radius 2 is 1.76 bits per heavy atom. The first-order valence-corrected chi connectivity index (χ1v) is 12.8. The Bertz CT molecular complexity index is 1390. The maximum atomic E-state index is 12.0. The van der Waals surface area contributed by atoms with Crippen LogP contribution in [0.4, 0.5) is 10.5 Å². The number of carbonyl (C=O) groups is 4.